The summed E-state index contributed by atoms with van der Waals surface area (Å²) in [4.78, 5) is 12.1. The maximum atomic E-state index is 12.1. The zero-order valence-corrected chi connectivity index (χ0v) is 14.4. The van der Waals surface area contributed by atoms with Crippen LogP contribution in [0.1, 0.15) is 45.7 Å². The molecule has 4 nitrogen and oxygen atoms in total. The minimum absolute atomic E-state index is 0.112. The molecule has 5 heteroatoms. The van der Waals surface area contributed by atoms with Gasteiger partial charge in [0.2, 0.25) is 0 Å². The van der Waals surface area contributed by atoms with Gasteiger partial charge in [0.05, 0.1) is 6.61 Å². The molecule has 0 spiro atoms. The maximum Gasteiger partial charge on any atom is 0.165 e. The van der Waals surface area contributed by atoms with Crippen molar-refractivity contribution in [3.05, 3.63) is 23.3 Å². The summed E-state index contributed by atoms with van der Waals surface area (Å²) in [6, 6.07) is 3.09. The molecular formula is C16H26O4P-. The largest absolute Gasteiger partial charge is 0.775 e. The predicted molar refractivity (Wildman–Crippen MR) is 84.1 cm³/mol. The zero-order valence-electron chi connectivity index (χ0n) is 13.5. The highest BCUT2D eigenvalue weighted by molar-refractivity contribution is 7.59. The molecule has 120 valence electrons. The summed E-state index contributed by atoms with van der Waals surface area (Å²) >= 11 is 0. The number of phenolic OH excluding ortho intramolecular Hbond substituents is 1. The van der Waals surface area contributed by atoms with E-state index in [9.17, 15) is 14.6 Å². The van der Waals surface area contributed by atoms with Crippen molar-refractivity contribution >= 4 is 12.9 Å². The fourth-order valence-electron chi connectivity index (χ4n) is 2.34. The molecule has 1 atom stereocenters. The number of rotatable bonds is 7. The number of benzene rings is 1. The zero-order chi connectivity index (χ0) is 16.2. The Bertz CT molecular complexity index is 492. The first kappa shape index (κ1) is 18.2. The molecule has 0 amide bonds. The molecule has 0 aliphatic heterocycles. The highest BCUT2D eigenvalue weighted by Crippen LogP contribution is 2.38. The topological polar surface area (TPSA) is 69.6 Å². The first-order valence-electron chi connectivity index (χ1n) is 7.48. The second-order valence-corrected chi connectivity index (χ2v) is 7.99. The third-order valence-corrected chi connectivity index (χ3v) is 4.61. The summed E-state index contributed by atoms with van der Waals surface area (Å²) in [5.41, 5.74) is 1.35. The predicted octanol–water partition coefficient (Wildman–Crippen LogP) is 3.00. The van der Waals surface area contributed by atoms with Crippen LogP contribution in [0.15, 0.2) is 12.1 Å². The van der Waals surface area contributed by atoms with Crippen LogP contribution >= 0.6 is 7.60 Å². The van der Waals surface area contributed by atoms with Gasteiger partial charge in [0.15, 0.2) is 7.60 Å². The summed E-state index contributed by atoms with van der Waals surface area (Å²) in [6.07, 6.45) is 1.27. The average Bonchev–Trinajstić information content (AvgIpc) is 2.32. The molecule has 0 saturated carbocycles. The van der Waals surface area contributed by atoms with Gasteiger partial charge in [-0.15, -0.1) is 0 Å². The molecule has 21 heavy (non-hydrogen) atoms. The lowest BCUT2D eigenvalue weighted by Crippen LogP contribution is -2.20. The standard InChI is InChI=1S/C16H27O4P/c1-6-20-21(18,19)15-9-13(7-11(2)3)16(17)14(10-15)8-12(4)5/h9-12,17H,6-8H2,1-5H3,(H,18,19)/p-1. The molecule has 0 aliphatic carbocycles. The fourth-order valence-corrected chi connectivity index (χ4v) is 3.45. The number of aromatic hydroxyl groups is 1. The van der Waals surface area contributed by atoms with E-state index in [1.807, 2.05) is 27.7 Å². The van der Waals surface area contributed by atoms with E-state index in [1.165, 1.54) is 0 Å². The highest BCUT2D eigenvalue weighted by Gasteiger charge is 2.18. The number of phenols is 1. The average molecular weight is 313 g/mol. The van der Waals surface area contributed by atoms with Crippen LogP contribution in [0.3, 0.4) is 0 Å². The van der Waals surface area contributed by atoms with Gasteiger partial charge in [0.1, 0.15) is 5.75 Å². The van der Waals surface area contributed by atoms with Gasteiger partial charge < -0.3 is 19.1 Å². The Morgan fingerprint density at radius 2 is 1.57 bits per heavy atom. The van der Waals surface area contributed by atoms with E-state index in [4.69, 9.17) is 4.52 Å². The molecule has 0 aliphatic rings. The van der Waals surface area contributed by atoms with Crippen molar-refractivity contribution < 1.29 is 19.1 Å². The Morgan fingerprint density at radius 3 is 1.90 bits per heavy atom. The van der Waals surface area contributed by atoms with E-state index < -0.39 is 7.60 Å². The van der Waals surface area contributed by atoms with E-state index in [0.29, 0.717) is 35.8 Å². The third kappa shape index (κ3) is 5.14. The van der Waals surface area contributed by atoms with Crippen LogP contribution in [0.2, 0.25) is 0 Å². The van der Waals surface area contributed by atoms with Gasteiger partial charge in [-0.1, -0.05) is 27.7 Å². The summed E-state index contributed by atoms with van der Waals surface area (Å²) in [5.74, 6) is 0.880. The number of hydrogen-bond acceptors (Lipinski definition) is 4. The lowest BCUT2D eigenvalue weighted by Gasteiger charge is -2.25. The molecule has 1 N–H and O–H groups in total. The summed E-state index contributed by atoms with van der Waals surface area (Å²) in [5, 5.41) is 10.5. The van der Waals surface area contributed by atoms with Crippen LogP contribution < -0.4 is 10.2 Å². The Labute approximate surface area is 127 Å². The minimum atomic E-state index is -4.07. The van der Waals surface area contributed by atoms with Gasteiger partial charge in [0, 0.05) is 5.30 Å². The third-order valence-electron chi connectivity index (χ3n) is 3.12. The van der Waals surface area contributed by atoms with E-state index in [1.54, 1.807) is 19.1 Å². The molecule has 1 aromatic rings. The maximum absolute atomic E-state index is 12.1. The first-order valence-corrected chi connectivity index (χ1v) is 9.02. The second-order valence-electron chi connectivity index (χ2n) is 6.22. The Balaban J connectivity index is 3.35. The smallest absolute Gasteiger partial charge is 0.165 e. The normalized spacial score (nSPS) is 14.7. The van der Waals surface area contributed by atoms with E-state index in [2.05, 4.69) is 0 Å². The molecule has 1 aromatic carbocycles. The molecule has 1 rings (SSSR count). The van der Waals surface area contributed by atoms with Crippen LogP contribution in [-0.4, -0.2) is 11.7 Å². The molecule has 0 fully saturated rings. The first-order chi connectivity index (χ1) is 9.67. The minimum Gasteiger partial charge on any atom is -0.775 e. The quantitative estimate of drug-likeness (QED) is 0.786. The highest BCUT2D eigenvalue weighted by atomic mass is 31.2. The van der Waals surface area contributed by atoms with Crippen molar-refractivity contribution in [2.75, 3.05) is 6.61 Å². The lowest BCUT2D eigenvalue weighted by molar-refractivity contribution is -0.193. The van der Waals surface area contributed by atoms with E-state index >= 15 is 0 Å². The second kappa shape index (κ2) is 7.44. The van der Waals surface area contributed by atoms with Crippen molar-refractivity contribution in [2.24, 2.45) is 11.8 Å². The van der Waals surface area contributed by atoms with Crippen molar-refractivity contribution in [2.45, 2.75) is 47.5 Å². The van der Waals surface area contributed by atoms with Gasteiger partial charge in [-0.2, -0.15) is 0 Å². The van der Waals surface area contributed by atoms with Crippen LogP contribution in [-0.2, 0) is 21.9 Å². The van der Waals surface area contributed by atoms with Crippen LogP contribution in [0.25, 0.3) is 0 Å². The van der Waals surface area contributed by atoms with Gasteiger partial charge in [-0.3, -0.25) is 0 Å². The molecule has 1 unspecified atom stereocenters. The van der Waals surface area contributed by atoms with Gasteiger partial charge in [0.25, 0.3) is 0 Å². The Kier molecular flexibility index (Phi) is 6.45. The lowest BCUT2D eigenvalue weighted by atomic mass is 9.95. The van der Waals surface area contributed by atoms with Gasteiger partial charge in [-0.05, 0) is 54.9 Å². The molecular weight excluding hydrogens is 287 g/mol. The molecule has 0 bridgehead atoms. The van der Waals surface area contributed by atoms with Crippen molar-refractivity contribution in [3.63, 3.8) is 0 Å². The Hall–Kier alpha value is -0.830. The van der Waals surface area contributed by atoms with E-state index in [-0.39, 0.29) is 17.7 Å². The SMILES string of the molecule is CCOP(=O)([O-])c1cc(CC(C)C)c(O)c(CC(C)C)c1. The fraction of sp³-hybridized carbons (Fsp3) is 0.625. The monoisotopic (exact) mass is 313 g/mol. The molecule has 0 radical (unpaired) electrons. The summed E-state index contributed by atoms with van der Waals surface area (Å²) in [7, 11) is -4.07. The van der Waals surface area contributed by atoms with Crippen LogP contribution in [0.5, 0.6) is 5.75 Å². The molecule has 0 saturated heterocycles. The van der Waals surface area contributed by atoms with Crippen LogP contribution in [0.4, 0.5) is 0 Å². The van der Waals surface area contributed by atoms with Gasteiger partial charge in [-0.25, -0.2) is 0 Å². The van der Waals surface area contributed by atoms with E-state index in [0.717, 1.165) is 0 Å². The van der Waals surface area contributed by atoms with Gasteiger partial charge >= 0.3 is 0 Å². The Morgan fingerprint density at radius 1 is 1.14 bits per heavy atom. The van der Waals surface area contributed by atoms with Crippen molar-refractivity contribution in [1.82, 2.24) is 0 Å². The van der Waals surface area contributed by atoms with Crippen molar-refractivity contribution in [3.8, 4) is 5.75 Å². The molecule has 0 aromatic heterocycles. The summed E-state index contributed by atoms with van der Waals surface area (Å²) < 4.78 is 17.0. The molecule has 0 heterocycles. The number of hydrogen-bond donors (Lipinski definition) is 1. The van der Waals surface area contributed by atoms with Crippen molar-refractivity contribution in [1.29, 1.82) is 0 Å². The van der Waals surface area contributed by atoms with Crippen LogP contribution in [0, 0.1) is 11.8 Å². The summed E-state index contributed by atoms with van der Waals surface area (Å²) in [6.45, 7) is 9.90.